The molecule has 0 aromatic heterocycles. The zero-order valence-electron chi connectivity index (χ0n) is 16.9. The Morgan fingerprint density at radius 3 is 2.12 bits per heavy atom. The van der Waals surface area contributed by atoms with Crippen LogP contribution in [0, 0.1) is 0 Å². The molecule has 3 aromatic carbocycles. The van der Waals surface area contributed by atoms with Crippen molar-refractivity contribution in [1.29, 1.82) is 0 Å². The molecule has 0 bridgehead atoms. The Hall–Kier alpha value is -3.98. The molecule has 0 aliphatic heterocycles. The lowest BCUT2D eigenvalue weighted by Gasteiger charge is -2.18. The molecule has 0 spiro atoms. The Kier molecular flexibility index (Phi) is 7.35. The van der Waals surface area contributed by atoms with E-state index in [4.69, 9.17) is 5.73 Å². The molecule has 164 valence electrons. The number of primary amides is 1. The average molecular weight is 452 g/mol. The van der Waals surface area contributed by atoms with Gasteiger partial charge in [0, 0.05) is 11.3 Å². The Bertz CT molecular complexity index is 1150. The fourth-order valence-electron chi connectivity index (χ4n) is 3.08. The van der Waals surface area contributed by atoms with Gasteiger partial charge in [-0.05, 0) is 42.0 Å². The van der Waals surface area contributed by atoms with E-state index in [9.17, 15) is 23.7 Å². The van der Waals surface area contributed by atoms with Gasteiger partial charge in [-0.25, -0.2) is 4.79 Å². The van der Waals surface area contributed by atoms with Crippen LogP contribution in [0.15, 0.2) is 83.8 Å². The predicted molar refractivity (Wildman–Crippen MR) is 122 cm³/mol. The van der Waals surface area contributed by atoms with Crippen LogP contribution in [0.5, 0.6) is 0 Å². The number of carbonyl (C=O) groups excluding carboxylic acids is 2. The topological polar surface area (TPSA) is 139 Å². The zero-order chi connectivity index (χ0) is 23.1. The fourth-order valence-corrected chi connectivity index (χ4v) is 4.64. The van der Waals surface area contributed by atoms with E-state index >= 15 is 0 Å². The quantitative estimate of drug-likeness (QED) is 0.413. The molecule has 2 unspecified atom stereocenters. The molecule has 0 radical (unpaired) electrons. The van der Waals surface area contributed by atoms with Crippen LogP contribution in [-0.2, 0) is 15.6 Å². The van der Waals surface area contributed by atoms with Crippen molar-refractivity contribution in [3.05, 3.63) is 90.0 Å². The first-order valence-electron chi connectivity index (χ1n) is 9.59. The number of carboxylic acid groups (broad SMARTS) is 1. The number of hydrogen-bond acceptors (Lipinski definition) is 4. The third kappa shape index (κ3) is 5.79. The van der Waals surface area contributed by atoms with Gasteiger partial charge in [0.05, 0.1) is 33.1 Å². The first-order chi connectivity index (χ1) is 15.3. The van der Waals surface area contributed by atoms with Crippen LogP contribution in [0.25, 0.3) is 0 Å². The standard InChI is InChI=1S/C23H21N3O5S/c24-23(30)25-17-12-10-16(11-13-17)22(29)26-18-8-4-5-9-19(18)32(31)20(14-21(27)28)15-6-2-1-3-7-15/h1-13,20H,14H2,(H,26,29)(H,27,28)(H3,24,25,30). The molecule has 0 aliphatic carbocycles. The first kappa shape index (κ1) is 22.7. The highest BCUT2D eigenvalue weighted by atomic mass is 32.2. The van der Waals surface area contributed by atoms with Crippen LogP contribution in [0.2, 0.25) is 0 Å². The van der Waals surface area contributed by atoms with Crippen LogP contribution >= 0.6 is 0 Å². The monoisotopic (exact) mass is 451 g/mol. The van der Waals surface area contributed by atoms with E-state index < -0.39 is 34.0 Å². The van der Waals surface area contributed by atoms with Gasteiger partial charge >= 0.3 is 12.0 Å². The SMILES string of the molecule is NC(=O)Nc1ccc(C(=O)Nc2ccccc2S(=O)C(CC(=O)O)c2ccccc2)cc1. The molecule has 0 aliphatic rings. The lowest BCUT2D eigenvalue weighted by molar-refractivity contribution is -0.137. The Labute approximate surface area is 186 Å². The number of hydrogen-bond donors (Lipinski definition) is 4. The molecular weight excluding hydrogens is 430 g/mol. The minimum absolute atomic E-state index is 0.311. The largest absolute Gasteiger partial charge is 0.481 e. The van der Waals surface area contributed by atoms with E-state index in [-0.39, 0.29) is 6.42 Å². The highest BCUT2D eigenvalue weighted by molar-refractivity contribution is 7.85. The summed E-state index contributed by atoms with van der Waals surface area (Å²) in [4.78, 5) is 35.4. The van der Waals surface area contributed by atoms with Crippen molar-refractivity contribution in [2.45, 2.75) is 16.6 Å². The Balaban J connectivity index is 1.86. The number of para-hydroxylation sites is 1. The third-order valence-corrected chi connectivity index (χ3v) is 6.30. The van der Waals surface area contributed by atoms with E-state index in [2.05, 4.69) is 10.6 Å². The fraction of sp³-hybridized carbons (Fsp3) is 0.0870. The average Bonchev–Trinajstić information content (AvgIpc) is 2.78. The molecule has 0 saturated carbocycles. The van der Waals surface area contributed by atoms with Crippen LogP contribution in [-0.4, -0.2) is 27.2 Å². The van der Waals surface area contributed by atoms with Crippen LogP contribution in [0.4, 0.5) is 16.2 Å². The maximum Gasteiger partial charge on any atom is 0.316 e. The second-order valence-corrected chi connectivity index (χ2v) is 8.42. The van der Waals surface area contributed by atoms with Crippen LogP contribution in [0.3, 0.4) is 0 Å². The zero-order valence-corrected chi connectivity index (χ0v) is 17.7. The van der Waals surface area contributed by atoms with Crippen molar-refractivity contribution >= 4 is 40.1 Å². The van der Waals surface area contributed by atoms with E-state index in [0.29, 0.717) is 27.4 Å². The lowest BCUT2D eigenvalue weighted by Crippen LogP contribution is -2.19. The molecule has 32 heavy (non-hydrogen) atoms. The summed E-state index contributed by atoms with van der Waals surface area (Å²) >= 11 is 0. The summed E-state index contributed by atoms with van der Waals surface area (Å²) in [5, 5.41) is 13.7. The molecule has 3 rings (SSSR count). The van der Waals surface area contributed by atoms with Gasteiger partial charge in [0.1, 0.15) is 0 Å². The number of nitrogens with one attached hydrogen (secondary N) is 2. The van der Waals surface area contributed by atoms with Gasteiger partial charge in [0.15, 0.2) is 0 Å². The van der Waals surface area contributed by atoms with E-state index in [1.165, 1.54) is 24.3 Å². The van der Waals surface area contributed by atoms with Crippen molar-refractivity contribution in [3.63, 3.8) is 0 Å². The highest BCUT2D eigenvalue weighted by Gasteiger charge is 2.25. The number of nitrogens with two attached hydrogens (primary N) is 1. The van der Waals surface area contributed by atoms with Gasteiger partial charge < -0.3 is 21.5 Å². The number of aliphatic carboxylic acids is 1. The van der Waals surface area contributed by atoms with Gasteiger partial charge in [-0.3, -0.25) is 13.8 Å². The number of amides is 3. The summed E-state index contributed by atoms with van der Waals surface area (Å²) < 4.78 is 13.4. The molecule has 5 N–H and O–H groups in total. The number of anilines is 2. The Morgan fingerprint density at radius 2 is 1.50 bits per heavy atom. The summed E-state index contributed by atoms with van der Waals surface area (Å²) in [6, 6.07) is 20.7. The van der Waals surface area contributed by atoms with Crippen LogP contribution < -0.4 is 16.4 Å². The molecule has 2 atom stereocenters. The maximum absolute atomic E-state index is 13.4. The van der Waals surface area contributed by atoms with E-state index in [0.717, 1.165) is 0 Å². The molecule has 3 amide bonds. The van der Waals surface area contributed by atoms with E-state index in [1.54, 1.807) is 54.6 Å². The van der Waals surface area contributed by atoms with Gasteiger partial charge in [0.25, 0.3) is 5.91 Å². The second kappa shape index (κ2) is 10.4. The molecule has 0 fully saturated rings. The minimum atomic E-state index is -1.74. The number of carboxylic acids is 1. The predicted octanol–water partition coefficient (Wildman–Crippen LogP) is 3.75. The lowest BCUT2D eigenvalue weighted by atomic mass is 10.1. The van der Waals surface area contributed by atoms with Gasteiger partial charge in [-0.1, -0.05) is 42.5 Å². The van der Waals surface area contributed by atoms with Gasteiger partial charge in [-0.2, -0.15) is 0 Å². The molecule has 0 saturated heterocycles. The molecule has 8 nitrogen and oxygen atoms in total. The Morgan fingerprint density at radius 1 is 0.875 bits per heavy atom. The molecule has 3 aromatic rings. The molecule has 0 heterocycles. The summed E-state index contributed by atoms with van der Waals surface area (Å²) in [6.07, 6.45) is -0.326. The molecular formula is C23H21N3O5S. The maximum atomic E-state index is 13.4. The van der Waals surface area contributed by atoms with Crippen LogP contribution in [0.1, 0.15) is 27.6 Å². The van der Waals surface area contributed by atoms with Crippen molar-refractivity contribution in [2.24, 2.45) is 5.73 Å². The van der Waals surface area contributed by atoms with Crippen molar-refractivity contribution in [1.82, 2.24) is 0 Å². The number of carbonyl (C=O) groups is 3. The number of urea groups is 1. The minimum Gasteiger partial charge on any atom is -0.481 e. The summed E-state index contributed by atoms with van der Waals surface area (Å²) in [7, 11) is -1.74. The van der Waals surface area contributed by atoms with Crippen molar-refractivity contribution < 1.29 is 23.7 Å². The van der Waals surface area contributed by atoms with Crippen molar-refractivity contribution in [2.75, 3.05) is 10.6 Å². The molecule has 9 heteroatoms. The smallest absolute Gasteiger partial charge is 0.316 e. The third-order valence-electron chi connectivity index (χ3n) is 4.56. The number of rotatable bonds is 8. The first-order valence-corrected chi connectivity index (χ1v) is 10.8. The van der Waals surface area contributed by atoms with E-state index in [1.807, 2.05) is 0 Å². The number of benzene rings is 3. The second-order valence-electron chi connectivity index (χ2n) is 6.81. The summed E-state index contributed by atoms with van der Waals surface area (Å²) in [5.41, 5.74) is 6.77. The summed E-state index contributed by atoms with van der Waals surface area (Å²) in [6.45, 7) is 0. The van der Waals surface area contributed by atoms with Crippen molar-refractivity contribution in [3.8, 4) is 0 Å². The van der Waals surface area contributed by atoms with Gasteiger partial charge in [0.2, 0.25) is 0 Å². The summed E-state index contributed by atoms with van der Waals surface area (Å²) in [5.74, 6) is -1.52. The highest BCUT2D eigenvalue weighted by Crippen LogP contribution is 2.32. The van der Waals surface area contributed by atoms with Gasteiger partial charge in [-0.15, -0.1) is 0 Å². The normalized spacial score (nSPS) is 12.4.